The van der Waals surface area contributed by atoms with Crippen molar-refractivity contribution in [1.29, 1.82) is 0 Å². The summed E-state index contributed by atoms with van der Waals surface area (Å²) >= 11 is 0. The second kappa shape index (κ2) is 8.43. The molecule has 0 unspecified atom stereocenters. The predicted octanol–water partition coefficient (Wildman–Crippen LogP) is 4.26. The SMILES string of the molecule is O=C(Cc1cccc2ccccc12)OCC(=O)N(Cc1ccccc1F)C1CC1. The standard InChI is InChI=1S/C24H22FNO3/c25-22-11-4-2-7-19(22)15-26(20-12-13-20)23(27)16-29-24(28)14-18-9-5-8-17-6-1-3-10-21(17)18/h1-11,20H,12-16H2. The molecule has 29 heavy (non-hydrogen) atoms. The number of fused-ring (bicyclic) bond motifs is 1. The quantitative estimate of drug-likeness (QED) is 0.566. The van der Waals surface area contributed by atoms with Crippen molar-refractivity contribution in [2.24, 2.45) is 0 Å². The van der Waals surface area contributed by atoms with Crippen molar-refractivity contribution in [1.82, 2.24) is 4.90 Å². The fraction of sp³-hybridized carbons (Fsp3) is 0.250. The number of esters is 1. The van der Waals surface area contributed by atoms with Gasteiger partial charge in [-0.15, -0.1) is 0 Å². The van der Waals surface area contributed by atoms with Crippen molar-refractivity contribution in [3.05, 3.63) is 83.7 Å². The van der Waals surface area contributed by atoms with Crippen molar-refractivity contribution in [2.45, 2.75) is 31.8 Å². The van der Waals surface area contributed by atoms with E-state index in [2.05, 4.69) is 0 Å². The molecule has 4 rings (SSSR count). The van der Waals surface area contributed by atoms with E-state index >= 15 is 0 Å². The first-order valence-electron chi connectivity index (χ1n) is 9.77. The zero-order valence-electron chi connectivity index (χ0n) is 16.0. The van der Waals surface area contributed by atoms with Gasteiger partial charge in [0.15, 0.2) is 6.61 Å². The molecule has 0 atom stereocenters. The Labute approximate surface area is 168 Å². The van der Waals surface area contributed by atoms with E-state index in [4.69, 9.17) is 4.74 Å². The zero-order chi connectivity index (χ0) is 20.2. The molecule has 0 spiro atoms. The number of nitrogens with zero attached hydrogens (tertiary/aromatic N) is 1. The Hall–Kier alpha value is -3.21. The van der Waals surface area contributed by atoms with Crippen LogP contribution in [0.1, 0.15) is 24.0 Å². The smallest absolute Gasteiger partial charge is 0.310 e. The molecule has 0 aromatic heterocycles. The Kier molecular flexibility index (Phi) is 5.56. The number of hydrogen-bond donors (Lipinski definition) is 0. The second-order valence-electron chi connectivity index (χ2n) is 7.32. The second-order valence-corrected chi connectivity index (χ2v) is 7.32. The number of benzene rings is 3. The monoisotopic (exact) mass is 391 g/mol. The van der Waals surface area contributed by atoms with Gasteiger partial charge in [-0.05, 0) is 35.2 Å². The Morgan fingerprint density at radius 1 is 0.931 bits per heavy atom. The molecule has 5 heteroatoms. The summed E-state index contributed by atoms with van der Waals surface area (Å²) in [6.07, 6.45) is 1.89. The molecule has 0 N–H and O–H groups in total. The predicted molar refractivity (Wildman–Crippen MR) is 109 cm³/mol. The Morgan fingerprint density at radius 2 is 1.62 bits per heavy atom. The third-order valence-corrected chi connectivity index (χ3v) is 5.18. The molecule has 4 nitrogen and oxygen atoms in total. The van der Waals surface area contributed by atoms with Crippen molar-refractivity contribution < 1.29 is 18.7 Å². The lowest BCUT2D eigenvalue weighted by Gasteiger charge is -2.22. The molecule has 0 heterocycles. The molecular formula is C24H22FNO3. The minimum absolute atomic E-state index is 0.0962. The van der Waals surface area contributed by atoms with Crippen molar-refractivity contribution >= 4 is 22.6 Å². The summed E-state index contributed by atoms with van der Waals surface area (Å²) in [4.78, 5) is 26.6. The number of halogens is 1. The van der Waals surface area contributed by atoms with E-state index in [1.807, 2.05) is 42.5 Å². The van der Waals surface area contributed by atoms with Gasteiger partial charge in [0.2, 0.25) is 0 Å². The van der Waals surface area contributed by atoms with E-state index in [9.17, 15) is 14.0 Å². The molecule has 3 aromatic rings. The van der Waals surface area contributed by atoms with Crippen LogP contribution in [0, 0.1) is 5.82 Å². The highest BCUT2D eigenvalue weighted by Gasteiger charge is 2.33. The van der Waals surface area contributed by atoms with Gasteiger partial charge in [0.1, 0.15) is 5.82 Å². The third kappa shape index (κ3) is 4.62. The number of hydrogen-bond acceptors (Lipinski definition) is 3. The van der Waals surface area contributed by atoms with Crippen LogP contribution in [0.3, 0.4) is 0 Å². The number of amides is 1. The summed E-state index contributed by atoms with van der Waals surface area (Å²) in [6, 6.07) is 20.1. The third-order valence-electron chi connectivity index (χ3n) is 5.18. The molecule has 1 saturated carbocycles. The highest BCUT2D eigenvalue weighted by Crippen LogP contribution is 2.29. The first-order valence-corrected chi connectivity index (χ1v) is 9.77. The van der Waals surface area contributed by atoms with E-state index in [-0.39, 0.29) is 37.3 Å². The molecule has 1 aliphatic rings. The Bertz CT molecular complexity index is 1040. The van der Waals surface area contributed by atoms with Crippen LogP contribution >= 0.6 is 0 Å². The van der Waals surface area contributed by atoms with Gasteiger partial charge in [-0.1, -0.05) is 60.7 Å². The Balaban J connectivity index is 1.37. The summed E-state index contributed by atoms with van der Waals surface area (Å²) in [6.45, 7) is -0.133. The molecule has 1 amide bonds. The fourth-order valence-corrected chi connectivity index (χ4v) is 3.50. The van der Waals surface area contributed by atoms with Gasteiger partial charge in [-0.25, -0.2) is 4.39 Å². The van der Waals surface area contributed by atoms with Gasteiger partial charge >= 0.3 is 5.97 Å². The molecule has 148 valence electrons. The maximum Gasteiger partial charge on any atom is 0.310 e. The van der Waals surface area contributed by atoms with Crippen LogP contribution in [0.25, 0.3) is 10.8 Å². The molecule has 1 aliphatic carbocycles. The minimum Gasteiger partial charge on any atom is -0.455 e. The Morgan fingerprint density at radius 3 is 2.41 bits per heavy atom. The van der Waals surface area contributed by atoms with Crippen LogP contribution in [-0.4, -0.2) is 29.4 Å². The first kappa shape index (κ1) is 19.1. The average Bonchev–Trinajstić information content (AvgIpc) is 3.57. The molecule has 0 radical (unpaired) electrons. The van der Waals surface area contributed by atoms with Crippen LogP contribution in [0.5, 0.6) is 0 Å². The fourth-order valence-electron chi connectivity index (χ4n) is 3.50. The van der Waals surface area contributed by atoms with Gasteiger partial charge in [0.25, 0.3) is 5.91 Å². The van der Waals surface area contributed by atoms with E-state index in [0.29, 0.717) is 5.56 Å². The number of carbonyl (C=O) groups excluding carboxylic acids is 2. The lowest BCUT2D eigenvalue weighted by Crippen LogP contribution is -2.36. The molecular weight excluding hydrogens is 369 g/mol. The van der Waals surface area contributed by atoms with Crippen LogP contribution in [0.15, 0.2) is 66.7 Å². The van der Waals surface area contributed by atoms with Crippen LogP contribution in [0.2, 0.25) is 0 Å². The number of carbonyl (C=O) groups is 2. The largest absolute Gasteiger partial charge is 0.455 e. The molecule has 0 bridgehead atoms. The van der Waals surface area contributed by atoms with Crippen molar-refractivity contribution in [2.75, 3.05) is 6.61 Å². The molecule has 0 aliphatic heterocycles. The zero-order valence-corrected chi connectivity index (χ0v) is 16.0. The normalized spacial score (nSPS) is 13.3. The van der Waals surface area contributed by atoms with Crippen LogP contribution in [0.4, 0.5) is 4.39 Å². The summed E-state index contributed by atoms with van der Waals surface area (Å²) in [5, 5.41) is 2.05. The van der Waals surface area contributed by atoms with E-state index < -0.39 is 5.97 Å². The summed E-state index contributed by atoms with van der Waals surface area (Å²) in [7, 11) is 0. The van der Waals surface area contributed by atoms with Gasteiger partial charge in [0.05, 0.1) is 6.42 Å². The molecule has 0 saturated heterocycles. The summed E-state index contributed by atoms with van der Waals surface area (Å²) in [5.41, 5.74) is 1.33. The van der Waals surface area contributed by atoms with E-state index in [1.54, 1.807) is 23.1 Å². The van der Waals surface area contributed by atoms with Gasteiger partial charge < -0.3 is 9.64 Å². The average molecular weight is 391 g/mol. The highest BCUT2D eigenvalue weighted by atomic mass is 19.1. The summed E-state index contributed by atoms with van der Waals surface area (Å²) in [5.74, 6) is -1.07. The van der Waals surface area contributed by atoms with Gasteiger partial charge in [0, 0.05) is 18.2 Å². The highest BCUT2D eigenvalue weighted by molar-refractivity contribution is 5.89. The summed E-state index contributed by atoms with van der Waals surface area (Å²) < 4.78 is 19.2. The van der Waals surface area contributed by atoms with Crippen molar-refractivity contribution in [3.63, 3.8) is 0 Å². The first-order chi connectivity index (χ1) is 14.1. The topological polar surface area (TPSA) is 46.6 Å². The maximum atomic E-state index is 14.0. The molecule has 1 fully saturated rings. The van der Waals surface area contributed by atoms with Crippen LogP contribution < -0.4 is 0 Å². The molecule has 3 aromatic carbocycles. The van der Waals surface area contributed by atoms with Crippen molar-refractivity contribution in [3.8, 4) is 0 Å². The van der Waals surface area contributed by atoms with E-state index in [1.165, 1.54) is 6.07 Å². The lowest BCUT2D eigenvalue weighted by atomic mass is 10.0. The maximum absolute atomic E-state index is 14.0. The lowest BCUT2D eigenvalue weighted by molar-refractivity contribution is -0.152. The van der Waals surface area contributed by atoms with Crippen LogP contribution in [-0.2, 0) is 27.3 Å². The number of rotatable bonds is 7. The minimum atomic E-state index is -0.448. The number of ether oxygens (including phenoxy) is 1. The van der Waals surface area contributed by atoms with Gasteiger partial charge in [-0.2, -0.15) is 0 Å². The van der Waals surface area contributed by atoms with Gasteiger partial charge in [-0.3, -0.25) is 9.59 Å². The van der Waals surface area contributed by atoms with E-state index in [0.717, 1.165) is 29.2 Å².